The van der Waals surface area contributed by atoms with Crippen molar-refractivity contribution in [3.63, 3.8) is 0 Å². The van der Waals surface area contributed by atoms with E-state index in [9.17, 15) is 0 Å². The van der Waals surface area contributed by atoms with Crippen LogP contribution in [0.2, 0.25) is 0 Å². The Kier molecular flexibility index (Phi) is 3.65. The molecule has 0 fully saturated rings. The van der Waals surface area contributed by atoms with E-state index in [0.29, 0.717) is 0 Å². The minimum atomic E-state index is 1.26. The zero-order valence-corrected chi connectivity index (χ0v) is 17.5. The molecule has 0 aromatic heterocycles. The van der Waals surface area contributed by atoms with E-state index in [-0.39, 0.29) is 0 Å². The largest absolute Gasteiger partial charge is 0.0622 e. The van der Waals surface area contributed by atoms with E-state index >= 15 is 0 Å². The van der Waals surface area contributed by atoms with E-state index in [1.807, 2.05) is 0 Å². The molecule has 0 heterocycles. The first-order chi connectivity index (χ1) is 15.8. The molecule has 0 aliphatic heterocycles. The molecule has 0 nitrogen and oxygen atoms in total. The van der Waals surface area contributed by atoms with Gasteiger partial charge >= 0.3 is 0 Å². The Morgan fingerprint density at radius 1 is 0.281 bits per heavy atom. The van der Waals surface area contributed by atoms with Gasteiger partial charge in [-0.1, -0.05) is 97.1 Å². The Labute approximate surface area is 187 Å². The van der Waals surface area contributed by atoms with Gasteiger partial charge in [-0.2, -0.15) is 0 Å². The van der Waals surface area contributed by atoms with Gasteiger partial charge in [0.1, 0.15) is 0 Å². The molecule has 0 radical (unpaired) electrons. The number of hydrogen-bond acceptors (Lipinski definition) is 0. The predicted octanol–water partition coefficient (Wildman–Crippen LogP) is 8.97. The Balaban J connectivity index is 1.39. The van der Waals surface area contributed by atoms with E-state index < -0.39 is 0 Å². The second-order valence-electron chi connectivity index (χ2n) is 8.62. The van der Waals surface area contributed by atoms with Gasteiger partial charge in [-0.05, 0) is 90.3 Å². The fourth-order valence-electron chi connectivity index (χ4n) is 5.22. The SMILES string of the molecule is c1ccc(-c2ccc3cc(-c4cc5c6c(cccc6c4)-c4ccccc4-5)ccc3c2)cc1. The van der Waals surface area contributed by atoms with Crippen LogP contribution in [-0.4, -0.2) is 0 Å². The molecule has 1 aliphatic rings. The number of benzene rings is 6. The van der Waals surface area contributed by atoms with E-state index in [1.54, 1.807) is 0 Å². The third-order valence-corrected chi connectivity index (χ3v) is 6.76. The first-order valence-corrected chi connectivity index (χ1v) is 11.1. The molecule has 0 bridgehead atoms. The number of hydrogen-bond donors (Lipinski definition) is 0. The summed E-state index contributed by atoms with van der Waals surface area (Å²) in [5.74, 6) is 0. The summed E-state index contributed by atoms with van der Waals surface area (Å²) in [6.07, 6.45) is 0. The van der Waals surface area contributed by atoms with Gasteiger partial charge in [0, 0.05) is 0 Å². The van der Waals surface area contributed by atoms with E-state index in [0.717, 1.165) is 0 Å². The summed E-state index contributed by atoms with van der Waals surface area (Å²) in [5.41, 5.74) is 10.4. The molecule has 1 aliphatic carbocycles. The van der Waals surface area contributed by atoms with Gasteiger partial charge in [-0.3, -0.25) is 0 Å². The van der Waals surface area contributed by atoms with Gasteiger partial charge in [0.15, 0.2) is 0 Å². The normalized spacial score (nSPS) is 11.8. The van der Waals surface area contributed by atoms with Crippen LogP contribution < -0.4 is 0 Å². The molecule has 0 spiro atoms. The Bertz CT molecular complexity index is 1660. The van der Waals surface area contributed by atoms with Crippen LogP contribution in [0.3, 0.4) is 0 Å². The second kappa shape index (κ2) is 6.67. The third-order valence-electron chi connectivity index (χ3n) is 6.76. The Hall–Kier alpha value is -4.16. The molecule has 7 rings (SSSR count). The molecular formula is C32H20. The summed E-state index contributed by atoms with van der Waals surface area (Å²) in [6.45, 7) is 0. The van der Waals surface area contributed by atoms with Crippen LogP contribution in [0.1, 0.15) is 0 Å². The average Bonchev–Trinajstić information content (AvgIpc) is 3.19. The summed E-state index contributed by atoms with van der Waals surface area (Å²) in [4.78, 5) is 0. The molecule has 0 heteroatoms. The van der Waals surface area contributed by atoms with Crippen LogP contribution >= 0.6 is 0 Å². The standard InChI is InChI=1S/C32H20/c1-2-7-21(8-3-1)22-13-14-24-18-25(16-15-23(24)17-22)27-19-26-9-6-12-30-28-10-4-5-11-29(28)31(20-27)32(26)30/h1-20H. The first kappa shape index (κ1) is 17.5. The van der Waals surface area contributed by atoms with Crippen molar-refractivity contribution in [1.82, 2.24) is 0 Å². The maximum atomic E-state index is 2.37. The van der Waals surface area contributed by atoms with Gasteiger partial charge in [-0.15, -0.1) is 0 Å². The average molecular weight is 405 g/mol. The molecule has 0 atom stereocenters. The highest BCUT2D eigenvalue weighted by atomic mass is 14.2. The minimum Gasteiger partial charge on any atom is -0.0622 e. The van der Waals surface area contributed by atoms with Gasteiger partial charge < -0.3 is 0 Å². The molecule has 0 N–H and O–H groups in total. The van der Waals surface area contributed by atoms with Crippen LogP contribution in [0.25, 0.3) is 66.1 Å². The Morgan fingerprint density at radius 3 is 1.62 bits per heavy atom. The van der Waals surface area contributed by atoms with Crippen molar-refractivity contribution in [3.8, 4) is 44.5 Å². The van der Waals surface area contributed by atoms with Crippen molar-refractivity contribution >= 4 is 21.5 Å². The van der Waals surface area contributed by atoms with E-state index in [4.69, 9.17) is 0 Å². The minimum absolute atomic E-state index is 1.26. The summed E-state index contributed by atoms with van der Waals surface area (Å²) in [7, 11) is 0. The molecule has 6 aromatic carbocycles. The first-order valence-electron chi connectivity index (χ1n) is 11.1. The molecule has 148 valence electrons. The molecular weight excluding hydrogens is 384 g/mol. The number of fused-ring (bicyclic) bond motifs is 4. The van der Waals surface area contributed by atoms with Gasteiger partial charge in [-0.25, -0.2) is 0 Å². The van der Waals surface area contributed by atoms with Crippen LogP contribution in [0.4, 0.5) is 0 Å². The van der Waals surface area contributed by atoms with Crippen molar-refractivity contribution in [1.29, 1.82) is 0 Å². The van der Waals surface area contributed by atoms with Crippen LogP contribution in [0, 0.1) is 0 Å². The highest BCUT2D eigenvalue weighted by Crippen LogP contribution is 2.48. The molecule has 0 saturated carbocycles. The third kappa shape index (κ3) is 2.57. The molecule has 0 unspecified atom stereocenters. The van der Waals surface area contributed by atoms with E-state index in [1.165, 1.54) is 66.1 Å². The predicted molar refractivity (Wildman–Crippen MR) is 137 cm³/mol. The maximum absolute atomic E-state index is 2.37. The van der Waals surface area contributed by atoms with Gasteiger partial charge in [0.25, 0.3) is 0 Å². The monoisotopic (exact) mass is 404 g/mol. The summed E-state index contributed by atoms with van der Waals surface area (Å²) >= 11 is 0. The number of rotatable bonds is 2. The fraction of sp³-hybridized carbons (Fsp3) is 0. The molecule has 32 heavy (non-hydrogen) atoms. The van der Waals surface area contributed by atoms with Crippen molar-refractivity contribution < 1.29 is 0 Å². The zero-order chi connectivity index (χ0) is 21.1. The van der Waals surface area contributed by atoms with Crippen LogP contribution in [0.5, 0.6) is 0 Å². The quantitative estimate of drug-likeness (QED) is 0.270. The summed E-state index contributed by atoms with van der Waals surface area (Å²) < 4.78 is 0. The molecule has 0 amide bonds. The topological polar surface area (TPSA) is 0 Å². The summed E-state index contributed by atoms with van der Waals surface area (Å²) in [5, 5.41) is 5.23. The molecule has 0 saturated heterocycles. The van der Waals surface area contributed by atoms with Crippen molar-refractivity contribution in [2.24, 2.45) is 0 Å². The smallest absolute Gasteiger partial charge is 0.00259 e. The van der Waals surface area contributed by atoms with Crippen molar-refractivity contribution in [3.05, 3.63) is 121 Å². The molecule has 6 aromatic rings. The Morgan fingerprint density at radius 2 is 0.875 bits per heavy atom. The van der Waals surface area contributed by atoms with Gasteiger partial charge in [0.2, 0.25) is 0 Å². The summed E-state index contributed by atoms with van der Waals surface area (Å²) in [6, 6.07) is 44.3. The van der Waals surface area contributed by atoms with E-state index in [2.05, 4.69) is 121 Å². The lowest BCUT2D eigenvalue weighted by Crippen LogP contribution is -1.84. The lowest BCUT2D eigenvalue weighted by molar-refractivity contribution is 1.63. The second-order valence-corrected chi connectivity index (χ2v) is 8.62. The van der Waals surface area contributed by atoms with Crippen LogP contribution in [0.15, 0.2) is 121 Å². The highest BCUT2D eigenvalue weighted by Gasteiger charge is 2.21. The van der Waals surface area contributed by atoms with Crippen molar-refractivity contribution in [2.75, 3.05) is 0 Å². The highest BCUT2D eigenvalue weighted by molar-refractivity contribution is 6.16. The fourth-order valence-corrected chi connectivity index (χ4v) is 5.22. The van der Waals surface area contributed by atoms with Crippen molar-refractivity contribution in [2.45, 2.75) is 0 Å². The maximum Gasteiger partial charge on any atom is -0.00259 e. The van der Waals surface area contributed by atoms with Gasteiger partial charge in [0.05, 0.1) is 0 Å². The lowest BCUT2D eigenvalue weighted by Gasteiger charge is -2.10. The lowest BCUT2D eigenvalue weighted by atomic mass is 9.94. The zero-order valence-electron chi connectivity index (χ0n) is 17.5. The van der Waals surface area contributed by atoms with Crippen LogP contribution in [-0.2, 0) is 0 Å².